The minimum atomic E-state index is -0.190. The summed E-state index contributed by atoms with van der Waals surface area (Å²) in [6, 6.07) is 9.23. The number of carbonyl (C=O) groups excluding carboxylic acids is 1. The van der Waals surface area contributed by atoms with E-state index in [0.717, 1.165) is 5.56 Å². The predicted molar refractivity (Wildman–Crippen MR) is 74.3 cm³/mol. The van der Waals surface area contributed by atoms with Gasteiger partial charge in [0.2, 0.25) is 0 Å². The maximum Gasteiger partial charge on any atom is 0.262 e. The summed E-state index contributed by atoms with van der Waals surface area (Å²) in [5, 5.41) is 2.73. The number of carbonyl (C=O) groups is 1. The van der Waals surface area contributed by atoms with E-state index >= 15 is 0 Å². The molecule has 0 aliphatic carbocycles. The zero-order valence-corrected chi connectivity index (χ0v) is 11.0. The van der Waals surface area contributed by atoms with Crippen molar-refractivity contribution in [3.05, 3.63) is 53.9 Å². The van der Waals surface area contributed by atoms with Gasteiger partial charge in [0.1, 0.15) is 5.75 Å². The average Bonchev–Trinajstić information content (AvgIpc) is 2.41. The molecular formula is C15H16N2O2. The number of pyridine rings is 1. The Morgan fingerprint density at radius 3 is 2.58 bits per heavy atom. The highest BCUT2D eigenvalue weighted by Gasteiger charge is 2.04. The first-order valence-electron chi connectivity index (χ1n) is 6.05. The first-order chi connectivity index (χ1) is 9.15. The van der Waals surface area contributed by atoms with E-state index in [9.17, 15) is 4.79 Å². The van der Waals surface area contributed by atoms with E-state index in [0.29, 0.717) is 11.4 Å². The van der Waals surface area contributed by atoms with E-state index in [2.05, 4.69) is 10.3 Å². The molecule has 98 valence electrons. The molecule has 4 heteroatoms. The number of benzene rings is 1. The summed E-state index contributed by atoms with van der Waals surface area (Å²) >= 11 is 0. The SMILES string of the molecule is Cc1ccc(OCC(=O)Nc2ccncc2)cc1C. The molecule has 0 aliphatic rings. The molecule has 1 N–H and O–H groups in total. The molecule has 19 heavy (non-hydrogen) atoms. The van der Waals surface area contributed by atoms with Crippen LogP contribution in [0.3, 0.4) is 0 Å². The largest absolute Gasteiger partial charge is 0.484 e. The smallest absolute Gasteiger partial charge is 0.262 e. The molecule has 0 saturated heterocycles. The maximum atomic E-state index is 11.7. The van der Waals surface area contributed by atoms with Crippen LogP contribution in [-0.2, 0) is 4.79 Å². The molecule has 1 aromatic heterocycles. The van der Waals surface area contributed by atoms with Gasteiger partial charge in [0.25, 0.3) is 5.91 Å². The number of nitrogens with one attached hydrogen (secondary N) is 1. The van der Waals surface area contributed by atoms with Crippen molar-refractivity contribution in [2.45, 2.75) is 13.8 Å². The zero-order valence-electron chi connectivity index (χ0n) is 11.0. The van der Waals surface area contributed by atoms with Crippen LogP contribution in [0, 0.1) is 13.8 Å². The molecule has 2 aromatic rings. The van der Waals surface area contributed by atoms with E-state index in [4.69, 9.17) is 4.74 Å². The summed E-state index contributed by atoms with van der Waals surface area (Å²) in [5.74, 6) is 0.511. The summed E-state index contributed by atoms with van der Waals surface area (Å²) in [5.41, 5.74) is 3.06. The molecule has 4 nitrogen and oxygen atoms in total. The third-order valence-electron chi connectivity index (χ3n) is 2.81. The van der Waals surface area contributed by atoms with Crippen LogP contribution in [0.2, 0.25) is 0 Å². The molecule has 0 spiro atoms. The van der Waals surface area contributed by atoms with Crippen molar-refractivity contribution in [2.75, 3.05) is 11.9 Å². The third-order valence-corrected chi connectivity index (χ3v) is 2.81. The van der Waals surface area contributed by atoms with E-state index in [1.165, 1.54) is 5.56 Å². The van der Waals surface area contributed by atoms with Gasteiger partial charge in [-0.3, -0.25) is 9.78 Å². The highest BCUT2D eigenvalue weighted by molar-refractivity contribution is 5.91. The van der Waals surface area contributed by atoms with Gasteiger partial charge >= 0.3 is 0 Å². The molecule has 0 aliphatic heterocycles. The minimum absolute atomic E-state index is 0.00910. The standard InChI is InChI=1S/C15H16N2O2/c1-11-3-4-14(9-12(11)2)19-10-15(18)17-13-5-7-16-8-6-13/h3-9H,10H2,1-2H3,(H,16,17,18). The quantitative estimate of drug-likeness (QED) is 0.915. The van der Waals surface area contributed by atoms with Crippen molar-refractivity contribution in [3.63, 3.8) is 0 Å². The zero-order chi connectivity index (χ0) is 13.7. The molecule has 0 bridgehead atoms. The number of nitrogens with zero attached hydrogens (tertiary/aromatic N) is 1. The number of aryl methyl sites for hydroxylation is 2. The number of hydrogen-bond acceptors (Lipinski definition) is 3. The van der Waals surface area contributed by atoms with Crippen molar-refractivity contribution in [1.82, 2.24) is 4.98 Å². The second kappa shape index (κ2) is 6.00. The number of aromatic nitrogens is 1. The first kappa shape index (κ1) is 13.1. The van der Waals surface area contributed by atoms with Crippen molar-refractivity contribution in [2.24, 2.45) is 0 Å². The lowest BCUT2D eigenvalue weighted by atomic mass is 10.1. The van der Waals surface area contributed by atoms with Gasteiger partial charge in [-0.05, 0) is 49.2 Å². The highest BCUT2D eigenvalue weighted by Crippen LogP contribution is 2.16. The summed E-state index contributed by atoms with van der Waals surface area (Å²) in [4.78, 5) is 15.6. The van der Waals surface area contributed by atoms with Crippen LogP contribution in [0.15, 0.2) is 42.7 Å². The fourth-order valence-corrected chi connectivity index (χ4v) is 1.58. The van der Waals surface area contributed by atoms with E-state index < -0.39 is 0 Å². The molecule has 0 unspecified atom stereocenters. The van der Waals surface area contributed by atoms with Gasteiger partial charge in [0.05, 0.1) is 0 Å². The van der Waals surface area contributed by atoms with Crippen LogP contribution in [0.25, 0.3) is 0 Å². The second-order valence-corrected chi connectivity index (χ2v) is 4.32. The Balaban J connectivity index is 1.88. The fraction of sp³-hybridized carbons (Fsp3) is 0.200. The van der Waals surface area contributed by atoms with E-state index in [-0.39, 0.29) is 12.5 Å². The van der Waals surface area contributed by atoms with Crippen LogP contribution in [0.5, 0.6) is 5.75 Å². The van der Waals surface area contributed by atoms with Crippen molar-refractivity contribution in [3.8, 4) is 5.75 Å². The molecule has 1 heterocycles. The van der Waals surface area contributed by atoms with Crippen LogP contribution in [0.1, 0.15) is 11.1 Å². The predicted octanol–water partition coefficient (Wildman–Crippen LogP) is 2.72. The van der Waals surface area contributed by atoms with Crippen LogP contribution in [0.4, 0.5) is 5.69 Å². The Bertz CT molecular complexity index is 568. The van der Waals surface area contributed by atoms with Crippen molar-refractivity contribution in [1.29, 1.82) is 0 Å². The summed E-state index contributed by atoms with van der Waals surface area (Å²) in [7, 11) is 0. The van der Waals surface area contributed by atoms with Crippen molar-refractivity contribution < 1.29 is 9.53 Å². The van der Waals surface area contributed by atoms with Crippen LogP contribution in [-0.4, -0.2) is 17.5 Å². The Morgan fingerprint density at radius 2 is 1.89 bits per heavy atom. The average molecular weight is 256 g/mol. The van der Waals surface area contributed by atoms with Gasteiger partial charge in [-0.15, -0.1) is 0 Å². The molecule has 1 amide bonds. The molecule has 0 saturated carbocycles. The topological polar surface area (TPSA) is 51.2 Å². The molecule has 0 radical (unpaired) electrons. The molecule has 0 atom stereocenters. The molecular weight excluding hydrogens is 240 g/mol. The van der Waals surface area contributed by atoms with Gasteiger partial charge in [-0.1, -0.05) is 6.07 Å². The van der Waals surface area contributed by atoms with E-state index in [1.54, 1.807) is 24.5 Å². The van der Waals surface area contributed by atoms with Gasteiger partial charge in [0.15, 0.2) is 6.61 Å². The molecule has 0 fully saturated rings. The Labute approximate surface area is 112 Å². The molecule has 2 rings (SSSR count). The van der Waals surface area contributed by atoms with Gasteiger partial charge < -0.3 is 10.1 Å². The minimum Gasteiger partial charge on any atom is -0.484 e. The number of amides is 1. The van der Waals surface area contributed by atoms with Crippen molar-refractivity contribution >= 4 is 11.6 Å². The monoisotopic (exact) mass is 256 g/mol. The number of hydrogen-bond donors (Lipinski definition) is 1. The third kappa shape index (κ3) is 3.81. The Hall–Kier alpha value is -2.36. The fourth-order valence-electron chi connectivity index (χ4n) is 1.58. The molecule has 1 aromatic carbocycles. The second-order valence-electron chi connectivity index (χ2n) is 4.32. The summed E-state index contributed by atoms with van der Waals surface area (Å²) in [6.07, 6.45) is 3.25. The lowest BCUT2D eigenvalue weighted by Gasteiger charge is -2.08. The normalized spacial score (nSPS) is 10.0. The summed E-state index contributed by atoms with van der Waals surface area (Å²) in [6.45, 7) is 4.04. The van der Waals surface area contributed by atoms with Crippen LogP contribution >= 0.6 is 0 Å². The Kier molecular flexibility index (Phi) is 4.13. The summed E-state index contributed by atoms with van der Waals surface area (Å²) < 4.78 is 5.45. The first-order valence-corrected chi connectivity index (χ1v) is 6.05. The number of anilines is 1. The Morgan fingerprint density at radius 1 is 1.16 bits per heavy atom. The number of rotatable bonds is 4. The highest BCUT2D eigenvalue weighted by atomic mass is 16.5. The van der Waals surface area contributed by atoms with E-state index in [1.807, 2.05) is 32.0 Å². The van der Waals surface area contributed by atoms with Crippen LogP contribution < -0.4 is 10.1 Å². The lowest BCUT2D eigenvalue weighted by molar-refractivity contribution is -0.118. The van der Waals surface area contributed by atoms with Gasteiger partial charge in [-0.25, -0.2) is 0 Å². The maximum absolute atomic E-state index is 11.7. The number of ether oxygens (including phenoxy) is 1. The lowest BCUT2D eigenvalue weighted by Crippen LogP contribution is -2.20. The van der Waals surface area contributed by atoms with Gasteiger partial charge in [-0.2, -0.15) is 0 Å². The van der Waals surface area contributed by atoms with Gasteiger partial charge in [0, 0.05) is 18.1 Å².